The van der Waals surface area contributed by atoms with Crippen molar-refractivity contribution in [1.29, 1.82) is 0 Å². The second-order valence-corrected chi connectivity index (χ2v) is 12.6. The van der Waals surface area contributed by atoms with Gasteiger partial charge in [0.25, 0.3) is 11.8 Å². The lowest BCUT2D eigenvalue weighted by Crippen LogP contribution is -2.57. The highest BCUT2D eigenvalue weighted by Crippen LogP contribution is 2.34. The lowest BCUT2D eigenvalue weighted by molar-refractivity contribution is -0.147. The molecule has 2 aliphatic heterocycles. The molecular formula is C34H39N3O6S. The van der Waals surface area contributed by atoms with Crippen LogP contribution < -0.4 is 20.1 Å². The van der Waals surface area contributed by atoms with Gasteiger partial charge in [0.05, 0.1) is 24.6 Å². The summed E-state index contributed by atoms with van der Waals surface area (Å²) in [5.41, 5.74) is 3.56. The van der Waals surface area contributed by atoms with E-state index in [0.717, 1.165) is 28.0 Å². The van der Waals surface area contributed by atoms with Crippen LogP contribution in [0, 0.1) is 13.8 Å². The molecule has 0 radical (unpaired) electrons. The monoisotopic (exact) mass is 617 g/mol. The van der Waals surface area contributed by atoms with Gasteiger partial charge in [0.1, 0.15) is 17.5 Å². The summed E-state index contributed by atoms with van der Waals surface area (Å²) in [6.07, 6.45) is -0.748. The van der Waals surface area contributed by atoms with E-state index in [0.29, 0.717) is 18.8 Å². The highest BCUT2D eigenvalue weighted by molar-refractivity contribution is 8.00. The number of nitrogens with one attached hydrogen (secondary N) is 2. The zero-order chi connectivity index (χ0) is 31.2. The van der Waals surface area contributed by atoms with Crippen molar-refractivity contribution < 1.29 is 29.0 Å². The molecule has 2 heterocycles. The second kappa shape index (κ2) is 14.2. The zero-order valence-electron chi connectivity index (χ0n) is 25.2. The number of aliphatic hydroxyl groups is 1. The normalized spacial score (nSPS) is 20.5. The third-order valence-electron chi connectivity index (χ3n) is 8.12. The molecule has 5 rings (SSSR count). The Hall–Kier alpha value is -4.02. The molecule has 0 spiro atoms. The van der Waals surface area contributed by atoms with Crippen molar-refractivity contribution in [3.8, 4) is 11.5 Å². The van der Waals surface area contributed by atoms with E-state index in [4.69, 9.17) is 9.47 Å². The number of carbonyl (C=O) groups is 3. The third-order valence-corrected chi connectivity index (χ3v) is 9.33. The quantitative estimate of drug-likeness (QED) is 0.318. The van der Waals surface area contributed by atoms with Crippen molar-refractivity contribution >= 4 is 29.5 Å². The number of para-hydroxylation sites is 2. The molecule has 3 aromatic carbocycles. The fourth-order valence-corrected chi connectivity index (χ4v) is 6.93. The lowest BCUT2D eigenvalue weighted by atomic mass is 9.98. The van der Waals surface area contributed by atoms with Crippen molar-refractivity contribution in [2.75, 3.05) is 19.1 Å². The van der Waals surface area contributed by atoms with Gasteiger partial charge < -0.3 is 30.1 Å². The summed E-state index contributed by atoms with van der Waals surface area (Å²) >= 11 is 1.47. The molecule has 3 amide bonds. The molecule has 232 valence electrons. The van der Waals surface area contributed by atoms with Crippen molar-refractivity contribution in [2.24, 2.45) is 0 Å². The van der Waals surface area contributed by atoms with Crippen LogP contribution in [0.3, 0.4) is 0 Å². The van der Waals surface area contributed by atoms with Gasteiger partial charge in [0.2, 0.25) is 5.91 Å². The largest absolute Gasteiger partial charge is 0.493 e. The maximum atomic E-state index is 13.9. The summed E-state index contributed by atoms with van der Waals surface area (Å²) in [6, 6.07) is 20.7. The number of thioether (sulfide) groups is 1. The average Bonchev–Trinajstić information content (AvgIpc) is 3.41. The first kappa shape index (κ1) is 31.4. The van der Waals surface area contributed by atoms with Gasteiger partial charge in [-0.2, -0.15) is 0 Å². The summed E-state index contributed by atoms with van der Waals surface area (Å²) in [5, 5.41) is 17.2. The van der Waals surface area contributed by atoms with E-state index in [1.165, 1.54) is 16.7 Å². The molecule has 1 saturated heterocycles. The van der Waals surface area contributed by atoms with E-state index in [2.05, 4.69) is 10.6 Å². The summed E-state index contributed by atoms with van der Waals surface area (Å²) in [4.78, 5) is 42.0. The van der Waals surface area contributed by atoms with Crippen LogP contribution in [0.15, 0.2) is 72.8 Å². The fraction of sp³-hybridized carbons (Fsp3) is 0.382. The molecule has 2 aliphatic rings. The number of benzene rings is 3. The summed E-state index contributed by atoms with van der Waals surface area (Å²) in [5.74, 6) is 0.269. The minimum Gasteiger partial charge on any atom is -0.493 e. The number of rotatable bonds is 10. The molecule has 5 atom stereocenters. The number of amides is 3. The highest BCUT2D eigenvalue weighted by atomic mass is 32.2. The number of nitrogens with zero attached hydrogens (tertiary/aromatic N) is 1. The predicted molar refractivity (Wildman–Crippen MR) is 169 cm³/mol. The van der Waals surface area contributed by atoms with Crippen LogP contribution in [0.2, 0.25) is 0 Å². The van der Waals surface area contributed by atoms with E-state index in [1.807, 2.05) is 93.6 Å². The minimum atomic E-state index is -1.58. The molecule has 9 nitrogen and oxygen atoms in total. The summed E-state index contributed by atoms with van der Waals surface area (Å²) in [6.45, 7) is 5.92. The Kier molecular flexibility index (Phi) is 10.1. The number of hydrogen-bond acceptors (Lipinski definition) is 7. The van der Waals surface area contributed by atoms with E-state index in [-0.39, 0.29) is 36.1 Å². The Labute approximate surface area is 262 Å². The maximum Gasteiger partial charge on any atom is 0.258 e. The number of ether oxygens (including phenoxy) is 2. The lowest BCUT2D eigenvalue weighted by Gasteiger charge is -2.32. The molecule has 0 bridgehead atoms. The Balaban J connectivity index is 1.29. The summed E-state index contributed by atoms with van der Waals surface area (Å²) < 4.78 is 11.6. The van der Waals surface area contributed by atoms with E-state index in [9.17, 15) is 19.5 Å². The van der Waals surface area contributed by atoms with Gasteiger partial charge in [-0.25, -0.2) is 0 Å². The first-order chi connectivity index (χ1) is 21.2. The number of hydrogen-bond donors (Lipinski definition) is 3. The van der Waals surface area contributed by atoms with Crippen LogP contribution in [0.5, 0.6) is 11.5 Å². The molecule has 3 N–H and O–H groups in total. The van der Waals surface area contributed by atoms with Crippen molar-refractivity contribution in [3.63, 3.8) is 0 Å². The zero-order valence-corrected chi connectivity index (χ0v) is 26.0. The number of fused-ring (bicyclic) bond motifs is 1. The Morgan fingerprint density at radius 3 is 2.48 bits per heavy atom. The van der Waals surface area contributed by atoms with Crippen LogP contribution in [0.25, 0.3) is 0 Å². The van der Waals surface area contributed by atoms with Crippen LogP contribution >= 0.6 is 11.8 Å². The third kappa shape index (κ3) is 7.19. The van der Waals surface area contributed by atoms with Gasteiger partial charge >= 0.3 is 0 Å². The van der Waals surface area contributed by atoms with Crippen LogP contribution in [0.4, 0.5) is 0 Å². The number of aliphatic hydroxyl groups excluding tert-OH is 1. The highest BCUT2D eigenvalue weighted by Gasteiger charge is 2.44. The van der Waals surface area contributed by atoms with Gasteiger partial charge in [0, 0.05) is 17.2 Å². The van der Waals surface area contributed by atoms with Gasteiger partial charge in [-0.05, 0) is 43.0 Å². The standard InChI is InChI=1S/C34H39N3O6S/c1-21-10-9-11-22(2)32(21)43-19-29(38)35-27(18-24-12-5-4-6-13-24)31(39)34(41)37-20-44-23(3)30(37)33(40)36-26-16-17-42-28-15-8-7-14-25(26)28/h4-15,23,26-27,30-31,39H,16-20H2,1-3H3,(H,35,38)(H,36,40)/t23?,26-,27-,30-,31-/m0/s1. The molecule has 1 fully saturated rings. The van der Waals surface area contributed by atoms with Gasteiger partial charge in [-0.15, -0.1) is 11.8 Å². The molecule has 0 aromatic heterocycles. The van der Waals surface area contributed by atoms with Crippen LogP contribution in [-0.2, 0) is 20.8 Å². The van der Waals surface area contributed by atoms with Crippen molar-refractivity contribution in [2.45, 2.75) is 63.1 Å². The molecular weight excluding hydrogens is 578 g/mol. The Bertz CT molecular complexity index is 1460. The molecule has 1 unspecified atom stereocenters. The van der Waals surface area contributed by atoms with E-state index in [1.54, 1.807) is 0 Å². The van der Waals surface area contributed by atoms with Gasteiger partial charge in [-0.1, -0.05) is 73.7 Å². The van der Waals surface area contributed by atoms with Crippen molar-refractivity contribution in [3.05, 3.63) is 95.1 Å². The first-order valence-corrected chi connectivity index (χ1v) is 15.9. The second-order valence-electron chi connectivity index (χ2n) is 11.3. The maximum absolute atomic E-state index is 13.9. The minimum absolute atomic E-state index is 0.186. The fourth-order valence-electron chi connectivity index (χ4n) is 5.79. The van der Waals surface area contributed by atoms with E-state index >= 15 is 0 Å². The average molecular weight is 618 g/mol. The van der Waals surface area contributed by atoms with E-state index < -0.39 is 30.0 Å². The SMILES string of the molecule is Cc1cccc(C)c1OCC(=O)N[C@@H](Cc1ccccc1)[C@H](O)C(=O)N1CSC(C)[C@H]1C(=O)N[C@H]1CCOc2ccccc21. The van der Waals surface area contributed by atoms with Gasteiger partial charge in [-0.3, -0.25) is 14.4 Å². The Morgan fingerprint density at radius 1 is 1.02 bits per heavy atom. The Morgan fingerprint density at radius 2 is 1.73 bits per heavy atom. The smallest absolute Gasteiger partial charge is 0.258 e. The topological polar surface area (TPSA) is 117 Å². The van der Waals surface area contributed by atoms with Crippen molar-refractivity contribution in [1.82, 2.24) is 15.5 Å². The predicted octanol–water partition coefficient (Wildman–Crippen LogP) is 3.70. The number of carbonyl (C=O) groups excluding carboxylic acids is 3. The molecule has 10 heteroatoms. The van der Waals surface area contributed by atoms with Crippen LogP contribution in [-0.4, -0.2) is 70.3 Å². The van der Waals surface area contributed by atoms with Gasteiger partial charge in [0.15, 0.2) is 12.7 Å². The molecule has 0 saturated carbocycles. The summed E-state index contributed by atoms with van der Waals surface area (Å²) in [7, 11) is 0. The molecule has 3 aromatic rings. The molecule has 44 heavy (non-hydrogen) atoms. The van der Waals surface area contributed by atoms with Crippen LogP contribution in [0.1, 0.15) is 41.6 Å². The first-order valence-electron chi connectivity index (χ1n) is 14.9. The number of aryl methyl sites for hydroxylation is 2. The molecule has 0 aliphatic carbocycles.